The van der Waals surface area contributed by atoms with Crippen LogP contribution in [0.3, 0.4) is 0 Å². The van der Waals surface area contributed by atoms with Crippen molar-refractivity contribution in [3.05, 3.63) is 42.0 Å². The SMILES string of the molecule is CCOC(=O)/C=C(\c1ccccc1)N(CCOS(C)(=O)=O)CCOS(C)(=O)=O. The van der Waals surface area contributed by atoms with Crippen LogP contribution < -0.4 is 0 Å². The average Bonchev–Trinajstić information content (AvgIpc) is 2.57. The Morgan fingerprint density at radius 1 is 0.964 bits per heavy atom. The van der Waals surface area contributed by atoms with Crippen molar-refractivity contribution in [2.45, 2.75) is 6.92 Å². The molecule has 0 unspecified atom stereocenters. The first kappa shape index (κ1) is 24.1. The molecule has 0 N–H and O–H groups in total. The molecule has 1 aromatic carbocycles. The lowest BCUT2D eigenvalue weighted by molar-refractivity contribution is -0.137. The highest BCUT2D eigenvalue weighted by atomic mass is 32.2. The van der Waals surface area contributed by atoms with Crippen molar-refractivity contribution < 1.29 is 34.7 Å². The molecule has 0 amide bonds. The Balaban J connectivity index is 3.13. The number of hydrogen-bond donors (Lipinski definition) is 0. The summed E-state index contributed by atoms with van der Waals surface area (Å²) >= 11 is 0. The molecule has 28 heavy (non-hydrogen) atoms. The predicted octanol–water partition coefficient (Wildman–Crippen LogP) is 0.845. The van der Waals surface area contributed by atoms with Crippen molar-refractivity contribution in [1.82, 2.24) is 4.90 Å². The van der Waals surface area contributed by atoms with E-state index in [0.717, 1.165) is 12.5 Å². The van der Waals surface area contributed by atoms with Gasteiger partial charge in [0.05, 0.1) is 38.0 Å². The minimum atomic E-state index is -3.65. The molecule has 0 spiro atoms. The van der Waals surface area contributed by atoms with Gasteiger partial charge in [-0.25, -0.2) is 4.79 Å². The maximum absolute atomic E-state index is 12.0. The second-order valence-corrected chi connectivity index (χ2v) is 8.97. The molecule has 0 aliphatic rings. The largest absolute Gasteiger partial charge is 0.463 e. The van der Waals surface area contributed by atoms with Crippen molar-refractivity contribution >= 4 is 31.9 Å². The fourth-order valence-corrected chi connectivity index (χ4v) is 2.97. The van der Waals surface area contributed by atoms with E-state index in [1.54, 1.807) is 42.2 Å². The maximum Gasteiger partial charge on any atom is 0.332 e. The van der Waals surface area contributed by atoms with Crippen LogP contribution >= 0.6 is 0 Å². The van der Waals surface area contributed by atoms with Crippen molar-refractivity contribution in [3.8, 4) is 0 Å². The van der Waals surface area contributed by atoms with E-state index in [1.165, 1.54) is 6.08 Å². The molecular formula is C17H25NO8S2. The van der Waals surface area contributed by atoms with E-state index in [0.29, 0.717) is 11.3 Å². The molecule has 0 atom stereocenters. The number of esters is 1. The molecule has 9 nitrogen and oxygen atoms in total. The zero-order valence-electron chi connectivity index (χ0n) is 16.0. The number of carbonyl (C=O) groups is 1. The Labute approximate surface area is 166 Å². The van der Waals surface area contributed by atoms with Gasteiger partial charge < -0.3 is 9.64 Å². The summed E-state index contributed by atoms with van der Waals surface area (Å²) in [7, 11) is -7.30. The molecule has 0 fully saturated rings. The lowest BCUT2D eigenvalue weighted by atomic mass is 10.1. The quantitative estimate of drug-likeness (QED) is 0.267. The molecular weight excluding hydrogens is 410 g/mol. The second-order valence-electron chi connectivity index (χ2n) is 5.69. The molecule has 1 aromatic rings. The first-order valence-electron chi connectivity index (χ1n) is 8.39. The van der Waals surface area contributed by atoms with E-state index in [4.69, 9.17) is 13.1 Å². The molecule has 0 aliphatic carbocycles. The summed E-state index contributed by atoms with van der Waals surface area (Å²) in [6.07, 6.45) is 3.12. The number of rotatable bonds is 12. The molecule has 0 saturated heterocycles. The second kappa shape index (κ2) is 11.1. The van der Waals surface area contributed by atoms with Gasteiger partial charge in [-0.3, -0.25) is 8.37 Å². The highest BCUT2D eigenvalue weighted by Crippen LogP contribution is 2.19. The van der Waals surface area contributed by atoms with Gasteiger partial charge >= 0.3 is 5.97 Å². The summed E-state index contributed by atoms with van der Waals surface area (Å²) < 4.78 is 59.4. The van der Waals surface area contributed by atoms with E-state index in [9.17, 15) is 21.6 Å². The number of hydrogen-bond acceptors (Lipinski definition) is 9. The first-order valence-corrected chi connectivity index (χ1v) is 12.0. The highest BCUT2D eigenvalue weighted by molar-refractivity contribution is 7.86. The van der Waals surface area contributed by atoms with E-state index in [-0.39, 0.29) is 32.9 Å². The lowest BCUT2D eigenvalue weighted by Crippen LogP contribution is -2.31. The molecule has 158 valence electrons. The van der Waals surface area contributed by atoms with E-state index in [2.05, 4.69) is 0 Å². The summed E-state index contributed by atoms with van der Waals surface area (Å²) in [6.45, 7) is 1.62. The maximum atomic E-state index is 12.0. The van der Waals surface area contributed by atoms with Gasteiger partial charge in [-0.1, -0.05) is 30.3 Å². The van der Waals surface area contributed by atoms with Gasteiger partial charge in [0.25, 0.3) is 20.2 Å². The normalized spacial score (nSPS) is 12.6. The predicted molar refractivity (Wildman–Crippen MR) is 104 cm³/mol. The molecule has 0 saturated carbocycles. The standard InChI is InChI=1S/C17H25NO8S2/c1-4-24-17(19)14-16(15-8-6-5-7-9-15)18(10-12-25-27(2,20)21)11-13-26-28(3,22)23/h5-9,14H,4,10-13H2,1-3H3/b16-14+. The van der Waals surface area contributed by atoms with E-state index < -0.39 is 26.2 Å². The number of nitrogens with zero attached hydrogens (tertiary/aromatic N) is 1. The minimum absolute atomic E-state index is 0.0698. The molecule has 0 radical (unpaired) electrons. The third kappa shape index (κ3) is 10.4. The zero-order chi connectivity index (χ0) is 21.2. The Hall–Kier alpha value is -1.95. The van der Waals surface area contributed by atoms with Crippen LogP contribution in [0, 0.1) is 0 Å². The van der Waals surface area contributed by atoms with Crippen LogP contribution in [-0.2, 0) is 38.1 Å². The number of carbonyl (C=O) groups excluding carboxylic acids is 1. The molecule has 0 aliphatic heterocycles. The molecule has 0 heterocycles. The Morgan fingerprint density at radius 3 is 1.89 bits per heavy atom. The summed E-state index contributed by atoms with van der Waals surface area (Å²) in [5.74, 6) is -0.584. The van der Waals surface area contributed by atoms with Crippen LogP contribution in [-0.4, -0.2) is 73.1 Å². The molecule has 1 rings (SSSR count). The summed E-state index contributed by atoms with van der Waals surface area (Å²) in [6, 6.07) is 8.86. The van der Waals surface area contributed by atoms with Crippen LogP contribution in [0.15, 0.2) is 36.4 Å². The van der Waals surface area contributed by atoms with Gasteiger partial charge in [0.15, 0.2) is 0 Å². The van der Waals surface area contributed by atoms with Crippen molar-refractivity contribution in [2.24, 2.45) is 0 Å². The molecule has 0 bridgehead atoms. The van der Waals surface area contributed by atoms with Crippen molar-refractivity contribution in [3.63, 3.8) is 0 Å². The number of benzene rings is 1. The highest BCUT2D eigenvalue weighted by Gasteiger charge is 2.16. The lowest BCUT2D eigenvalue weighted by Gasteiger charge is -2.27. The Morgan fingerprint density at radius 2 is 1.46 bits per heavy atom. The van der Waals surface area contributed by atoms with Crippen LogP contribution in [0.4, 0.5) is 0 Å². The Bertz CT molecular complexity index is 826. The smallest absolute Gasteiger partial charge is 0.332 e. The van der Waals surface area contributed by atoms with Crippen LogP contribution in [0.25, 0.3) is 5.70 Å². The van der Waals surface area contributed by atoms with Gasteiger partial charge in [-0.2, -0.15) is 16.8 Å². The monoisotopic (exact) mass is 435 g/mol. The van der Waals surface area contributed by atoms with Gasteiger partial charge in [0.2, 0.25) is 0 Å². The molecule has 11 heteroatoms. The minimum Gasteiger partial charge on any atom is -0.463 e. The van der Waals surface area contributed by atoms with E-state index in [1.807, 2.05) is 0 Å². The van der Waals surface area contributed by atoms with Gasteiger partial charge in [-0.05, 0) is 12.5 Å². The van der Waals surface area contributed by atoms with Crippen LogP contribution in [0.5, 0.6) is 0 Å². The topological polar surface area (TPSA) is 116 Å². The van der Waals surface area contributed by atoms with Crippen molar-refractivity contribution in [1.29, 1.82) is 0 Å². The third-order valence-corrected chi connectivity index (χ3v) is 4.46. The van der Waals surface area contributed by atoms with Gasteiger partial charge in [0.1, 0.15) is 0 Å². The fraction of sp³-hybridized carbons (Fsp3) is 0.471. The van der Waals surface area contributed by atoms with Crippen molar-refractivity contribution in [2.75, 3.05) is 45.4 Å². The van der Waals surface area contributed by atoms with Crippen LogP contribution in [0.2, 0.25) is 0 Å². The summed E-state index contributed by atoms with van der Waals surface area (Å²) in [4.78, 5) is 13.6. The van der Waals surface area contributed by atoms with Gasteiger partial charge in [0, 0.05) is 19.2 Å². The summed E-state index contributed by atoms with van der Waals surface area (Å²) in [5, 5.41) is 0. The average molecular weight is 436 g/mol. The molecule has 0 aromatic heterocycles. The fourth-order valence-electron chi connectivity index (χ4n) is 2.21. The zero-order valence-corrected chi connectivity index (χ0v) is 17.7. The van der Waals surface area contributed by atoms with Crippen LogP contribution in [0.1, 0.15) is 12.5 Å². The van der Waals surface area contributed by atoms with Gasteiger partial charge in [-0.15, -0.1) is 0 Å². The summed E-state index contributed by atoms with van der Waals surface area (Å²) in [5.41, 5.74) is 1.09. The first-order chi connectivity index (χ1) is 13.0. The van der Waals surface area contributed by atoms with E-state index >= 15 is 0 Å². The third-order valence-electron chi connectivity index (χ3n) is 3.27. The Kier molecular flexibility index (Phi) is 9.59. The number of ether oxygens (including phenoxy) is 1.